The summed E-state index contributed by atoms with van der Waals surface area (Å²) in [6.07, 6.45) is 4.97. The Hall–Kier alpha value is -2.95. The number of benzene rings is 1. The second kappa shape index (κ2) is 5.58. The third kappa shape index (κ3) is 2.81. The molecule has 0 unspecified atom stereocenters. The molecule has 0 aliphatic carbocycles. The maximum Gasteiger partial charge on any atom is 0.363 e. The first-order chi connectivity index (χ1) is 10.3. The number of hydrogen-bond donors (Lipinski definition) is 0. The zero-order valence-electron chi connectivity index (χ0n) is 11.3. The molecule has 0 atom stereocenters. The van der Waals surface area contributed by atoms with E-state index in [1.54, 1.807) is 55.9 Å². The van der Waals surface area contributed by atoms with Crippen molar-refractivity contribution in [3.8, 4) is 5.75 Å². The predicted octanol–water partition coefficient (Wildman–Crippen LogP) is 2.43. The third-order valence-electron chi connectivity index (χ3n) is 2.95. The Bertz CT molecular complexity index is 719. The maximum atomic E-state index is 11.8. The molecule has 0 spiro atoms. The Labute approximate surface area is 121 Å². The summed E-state index contributed by atoms with van der Waals surface area (Å²) in [5, 5.41) is 0. The van der Waals surface area contributed by atoms with E-state index in [1.165, 1.54) is 0 Å². The number of esters is 1. The van der Waals surface area contributed by atoms with Gasteiger partial charge in [-0.05, 0) is 42.0 Å². The molecule has 104 valence electrons. The van der Waals surface area contributed by atoms with Crippen molar-refractivity contribution in [2.75, 3.05) is 7.11 Å². The number of nitrogens with zero attached hydrogens (tertiary/aromatic N) is 2. The molecule has 0 fully saturated rings. The van der Waals surface area contributed by atoms with Gasteiger partial charge in [-0.2, -0.15) is 0 Å². The second-order valence-electron chi connectivity index (χ2n) is 4.35. The van der Waals surface area contributed by atoms with Crippen LogP contribution in [0.25, 0.3) is 6.08 Å². The van der Waals surface area contributed by atoms with Gasteiger partial charge in [0, 0.05) is 18.0 Å². The zero-order valence-corrected chi connectivity index (χ0v) is 11.3. The minimum absolute atomic E-state index is 0.258. The van der Waals surface area contributed by atoms with Crippen molar-refractivity contribution in [2.24, 2.45) is 4.99 Å². The highest BCUT2D eigenvalue weighted by atomic mass is 16.6. The van der Waals surface area contributed by atoms with Crippen LogP contribution < -0.4 is 4.74 Å². The summed E-state index contributed by atoms with van der Waals surface area (Å²) in [6, 6.07) is 10.8. The molecule has 3 rings (SSSR count). The van der Waals surface area contributed by atoms with E-state index in [0.29, 0.717) is 0 Å². The van der Waals surface area contributed by atoms with Crippen LogP contribution in [0.15, 0.2) is 59.5 Å². The molecule has 0 saturated heterocycles. The first kappa shape index (κ1) is 13.1. The van der Waals surface area contributed by atoms with Gasteiger partial charge in [-0.3, -0.25) is 4.98 Å². The number of pyridine rings is 1. The lowest BCUT2D eigenvalue weighted by Crippen LogP contribution is -2.05. The summed E-state index contributed by atoms with van der Waals surface area (Å²) >= 11 is 0. The van der Waals surface area contributed by atoms with Crippen LogP contribution in [0.4, 0.5) is 0 Å². The molecule has 5 heteroatoms. The Morgan fingerprint density at radius 1 is 1.19 bits per heavy atom. The number of methoxy groups -OCH3 is 1. The molecule has 2 heterocycles. The van der Waals surface area contributed by atoms with Crippen molar-refractivity contribution in [2.45, 2.75) is 0 Å². The lowest BCUT2D eigenvalue weighted by atomic mass is 10.2. The van der Waals surface area contributed by atoms with E-state index in [4.69, 9.17) is 9.47 Å². The summed E-state index contributed by atoms with van der Waals surface area (Å²) in [6.45, 7) is 0. The molecule has 1 aliphatic heterocycles. The first-order valence-corrected chi connectivity index (χ1v) is 6.33. The average molecular weight is 280 g/mol. The number of carbonyl (C=O) groups is 1. The molecule has 0 N–H and O–H groups in total. The van der Waals surface area contributed by atoms with Gasteiger partial charge in [0.05, 0.1) is 7.11 Å². The molecule has 21 heavy (non-hydrogen) atoms. The van der Waals surface area contributed by atoms with E-state index < -0.39 is 5.97 Å². The van der Waals surface area contributed by atoms with Gasteiger partial charge in [-0.15, -0.1) is 0 Å². The van der Waals surface area contributed by atoms with Crippen LogP contribution in [0.1, 0.15) is 11.1 Å². The standard InChI is InChI=1S/C16H12N2O3/c1-20-13-6-4-12(5-7-13)15-18-14(16(19)21-15)9-11-3-2-8-17-10-11/h2-10H,1H3/b14-9-. The number of aliphatic imine (C=N–C) groups is 1. The zero-order chi connectivity index (χ0) is 14.7. The van der Waals surface area contributed by atoms with Gasteiger partial charge in [0.2, 0.25) is 5.90 Å². The SMILES string of the molecule is COc1ccc(C2=N/C(=C\c3cccnc3)C(=O)O2)cc1. The van der Waals surface area contributed by atoms with Crippen LogP contribution >= 0.6 is 0 Å². The smallest absolute Gasteiger partial charge is 0.363 e. The normalized spacial score (nSPS) is 15.8. The molecule has 1 aromatic carbocycles. The summed E-state index contributed by atoms with van der Waals surface area (Å²) in [4.78, 5) is 20.1. The Morgan fingerprint density at radius 2 is 2.00 bits per heavy atom. The lowest BCUT2D eigenvalue weighted by Gasteiger charge is -2.01. The predicted molar refractivity (Wildman–Crippen MR) is 77.8 cm³/mol. The van der Waals surface area contributed by atoms with Crippen LogP contribution in [0.3, 0.4) is 0 Å². The maximum absolute atomic E-state index is 11.8. The van der Waals surface area contributed by atoms with Crippen molar-refractivity contribution < 1.29 is 14.3 Å². The number of hydrogen-bond acceptors (Lipinski definition) is 5. The van der Waals surface area contributed by atoms with Crippen molar-refractivity contribution >= 4 is 17.9 Å². The highest BCUT2D eigenvalue weighted by molar-refractivity contribution is 6.12. The number of rotatable bonds is 3. The molecule has 1 aromatic heterocycles. The highest BCUT2D eigenvalue weighted by Crippen LogP contribution is 2.20. The van der Waals surface area contributed by atoms with Crippen molar-refractivity contribution in [3.05, 3.63) is 65.6 Å². The van der Waals surface area contributed by atoms with Gasteiger partial charge in [-0.1, -0.05) is 6.07 Å². The Balaban J connectivity index is 1.89. The van der Waals surface area contributed by atoms with Gasteiger partial charge in [0.1, 0.15) is 5.75 Å². The van der Waals surface area contributed by atoms with Crippen molar-refractivity contribution in [1.29, 1.82) is 0 Å². The second-order valence-corrected chi connectivity index (χ2v) is 4.35. The molecule has 2 aromatic rings. The molecule has 5 nitrogen and oxygen atoms in total. The fraction of sp³-hybridized carbons (Fsp3) is 0.0625. The topological polar surface area (TPSA) is 60.8 Å². The van der Waals surface area contributed by atoms with Crippen LogP contribution in [0.5, 0.6) is 5.75 Å². The fourth-order valence-corrected chi connectivity index (χ4v) is 1.89. The number of ether oxygens (including phenoxy) is 2. The molecule has 0 saturated carbocycles. The molecule has 0 radical (unpaired) electrons. The molecular weight excluding hydrogens is 268 g/mol. The number of cyclic esters (lactones) is 1. The van der Waals surface area contributed by atoms with E-state index in [2.05, 4.69) is 9.98 Å². The molecule has 1 aliphatic rings. The van der Waals surface area contributed by atoms with Gasteiger partial charge in [0.15, 0.2) is 5.70 Å². The summed E-state index contributed by atoms with van der Waals surface area (Å²) in [5.74, 6) is 0.553. The van der Waals surface area contributed by atoms with Crippen LogP contribution in [-0.2, 0) is 9.53 Å². The van der Waals surface area contributed by atoms with Gasteiger partial charge >= 0.3 is 5.97 Å². The summed E-state index contributed by atoms with van der Waals surface area (Å²) < 4.78 is 10.3. The van der Waals surface area contributed by atoms with Crippen LogP contribution in [0, 0.1) is 0 Å². The van der Waals surface area contributed by atoms with E-state index in [-0.39, 0.29) is 11.6 Å². The van der Waals surface area contributed by atoms with Crippen LogP contribution in [-0.4, -0.2) is 24.0 Å². The van der Waals surface area contributed by atoms with Crippen LogP contribution in [0.2, 0.25) is 0 Å². The molecule has 0 bridgehead atoms. The summed E-state index contributed by atoms with van der Waals surface area (Å²) in [5.41, 5.74) is 1.77. The fourth-order valence-electron chi connectivity index (χ4n) is 1.89. The largest absolute Gasteiger partial charge is 0.497 e. The minimum Gasteiger partial charge on any atom is -0.497 e. The first-order valence-electron chi connectivity index (χ1n) is 6.33. The van der Waals surface area contributed by atoms with E-state index in [1.807, 2.05) is 6.07 Å². The molecule has 0 amide bonds. The third-order valence-corrected chi connectivity index (χ3v) is 2.95. The van der Waals surface area contributed by atoms with E-state index in [9.17, 15) is 4.79 Å². The molecular formula is C16H12N2O3. The number of carbonyl (C=O) groups excluding carboxylic acids is 1. The van der Waals surface area contributed by atoms with Crippen molar-refractivity contribution in [1.82, 2.24) is 4.98 Å². The lowest BCUT2D eigenvalue weighted by molar-refractivity contribution is -0.129. The summed E-state index contributed by atoms with van der Waals surface area (Å²) in [7, 11) is 1.59. The van der Waals surface area contributed by atoms with E-state index >= 15 is 0 Å². The van der Waals surface area contributed by atoms with Gasteiger partial charge in [0.25, 0.3) is 0 Å². The quantitative estimate of drug-likeness (QED) is 0.640. The minimum atomic E-state index is -0.468. The van der Waals surface area contributed by atoms with Gasteiger partial charge < -0.3 is 9.47 Å². The van der Waals surface area contributed by atoms with E-state index in [0.717, 1.165) is 16.9 Å². The highest BCUT2D eigenvalue weighted by Gasteiger charge is 2.24. The Kier molecular flexibility index (Phi) is 3.47. The average Bonchev–Trinajstić information content (AvgIpc) is 2.89. The monoisotopic (exact) mass is 280 g/mol. The van der Waals surface area contributed by atoms with Crippen molar-refractivity contribution in [3.63, 3.8) is 0 Å². The number of aromatic nitrogens is 1. The Morgan fingerprint density at radius 3 is 2.67 bits per heavy atom. The van der Waals surface area contributed by atoms with Gasteiger partial charge in [-0.25, -0.2) is 9.79 Å².